The molecule has 0 aliphatic carbocycles. The van der Waals surface area contributed by atoms with E-state index in [9.17, 15) is 18.0 Å². The average molecular weight is 416 g/mol. The Morgan fingerprint density at radius 1 is 1.14 bits per heavy atom. The number of hydrogen-bond donors (Lipinski definition) is 2. The monoisotopic (exact) mass is 415 g/mol. The van der Waals surface area contributed by atoms with Crippen LogP contribution in [-0.4, -0.2) is 32.8 Å². The van der Waals surface area contributed by atoms with Gasteiger partial charge in [-0.2, -0.15) is 0 Å². The van der Waals surface area contributed by atoms with Crippen LogP contribution < -0.4 is 14.9 Å². The molecule has 1 aliphatic heterocycles. The zero-order chi connectivity index (χ0) is 21.0. The SMILES string of the molecule is CC[C@H](C)NS(=O)(=O)c1ccc(NC(=O)[C@H]2CC(=O)N(c3ccccc3)C2)cc1. The minimum Gasteiger partial charge on any atom is -0.326 e. The van der Waals surface area contributed by atoms with Crippen molar-refractivity contribution in [2.24, 2.45) is 5.92 Å². The quantitative estimate of drug-likeness (QED) is 0.727. The Bertz CT molecular complexity index is 975. The number of carbonyl (C=O) groups excluding carboxylic acids is 2. The van der Waals surface area contributed by atoms with Gasteiger partial charge in [-0.15, -0.1) is 0 Å². The highest BCUT2D eigenvalue weighted by atomic mass is 32.2. The Kier molecular flexibility index (Phi) is 6.34. The van der Waals surface area contributed by atoms with Crippen LogP contribution in [0.15, 0.2) is 59.5 Å². The van der Waals surface area contributed by atoms with Gasteiger partial charge in [-0.05, 0) is 49.7 Å². The third kappa shape index (κ3) is 5.02. The van der Waals surface area contributed by atoms with Gasteiger partial charge in [0, 0.05) is 30.4 Å². The number of nitrogens with one attached hydrogen (secondary N) is 2. The lowest BCUT2D eigenvalue weighted by molar-refractivity contribution is -0.122. The van der Waals surface area contributed by atoms with Crippen LogP contribution in [0.3, 0.4) is 0 Å². The summed E-state index contributed by atoms with van der Waals surface area (Å²) < 4.78 is 27.2. The van der Waals surface area contributed by atoms with E-state index < -0.39 is 15.9 Å². The first-order valence-electron chi connectivity index (χ1n) is 9.59. The van der Waals surface area contributed by atoms with E-state index >= 15 is 0 Å². The standard InChI is InChI=1S/C21H25N3O4S/c1-3-15(2)23-29(27,28)19-11-9-17(10-12-19)22-21(26)16-13-20(25)24(14-16)18-7-5-4-6-8-18/h4-12,15-16,23H,3,13-14H2,1-2H3,(H,22,26)/t15-,16-/m0/s1. The lowest BCUT2D eigenvalue weighted by atomic mass is 10.1. The Balaban J connectivity index is 1.63. The Morgan fingerprint density at radius 2 is 1.79 bits per heavy atom. The van der Waals surface area contributed by atoms with Gasteiger partial charge >= 0.3 is 0 Å². The molecule has 154 valence electrons. The van der Waals surface area contributed by atoms with E-state index in [2.05, 4.69) is 10.0 Å². The summed E-state index contributed by atoms with van der Waals surface area (Å²) in [5.41, 5.74) is 1.26. The number of carbonyl (C=O) groups is 2. The van der Waals surface area contributed by atoms with E-state index in [1.807, 2.05) is 37.3 Å². The Labute approximate surface area is 171 Å². The molecular weight excluding hydrogens is 390 g/mol. The minimum absolute atomic E-state index is 0.0890. The number of anilines is 2. The summed E-state index contributed by atoms with van der Waals surface area (Å²) in [6.07, 6.45) is 0.833. The second-order valence-corrected chi connectivity index (χ2v) is 8.90. The summed E-state index contributed by atoms with van der Waals surface area (Å²) >= 11 is 0. The van der Waals surface area contributed by atoms with Crippen LogP contribution in [0.25, 0.3) is 0 Å². The molecule has 0 saturated carbocycles. The molecule has 7 nitrogen and oxygen atoms in total. The van der Waals surface area contributed by atoms with Crippen LogP contribution in [-0.2, 0) is 19.6 Å². The summed E-state index contributed by atoms with van der Waals surface area (Å²) in [4.78, 5) is 26.6. The number of rotatable bonds is 7. The summed E-state index contributed by atoms with van der Waals surface area (Å²) in [7, 11) is -3.59. The van der Waals surface area contributed by atoms with Crippen molar-refractivity contribution < 1.29 is 18.0 Å². The number of sulfonamides is 1. The first-order chi connectivity index (χ1) is 13.8. The smallest absolute Gasteiger partial charge is 0.240 e. The maximum atomic E-state index is 12.6. The van der Waals surface area contributed by atoms with E-state index in [-0.39, 0.29) is 29.2 Å². The number of hydrogen-bond acceptors (Lipinski definition) is 4. The summed E-state index contributed by atoms with van der Waals surface area (Å²) in [5, 5.41) is 2.77. The molecule has 3 rings (SSSR count). The van der Waals surface area contributed by atoms with Crippen molar-refractivity contribution in [3.8, 4) is 0 Å². The molecule has 1 aliphatic rings. The average Bonchev–Trinajstić information content (AvgIpc) is 3.10. The fourth-order valence-electron chi connectivity index (χ4n) is 3.12. The van der Waals surface area contributed by atoms with Gasteiger partial charge < -0.3 is 10.2 Å². The number of amides is 2. The summed E-state index contributed by atoms with van der Waals surface area (Å²) in [6.45, 7) is 4.02. The van der Waals surface area contributed by atoms with E-state index in [0.717, 1.165) is 5.69 Å². The predicted molar refractivity (Wildman–Crippen MR) is 112 cm³/mol. The number of benzene rings is 2. The van der Waals surface area contributed by atoms with Gasteiger partial charge in [-0.25, -0.2) is 13.1 Å². The highest BCUT2D eigenvalue weighted by molar-refractivity contribution is 7.89. The van der Waals surface area contributed by atoms with Gasteiger partial charge in [0.05, 0.1) is 10.8 Å². The van der Waals surface area contributed by atoms with Crippen LogP contribution >= 0.6 is 0 Å². The molecule has 2 amide bonds. The molecule has 2 atom stereocenters. The first-order valence-corrected chi connectivity index (χ1v) is 11.1. The maximum Gasteiger partial charge on any atom is 0.240 e. The fraction of sp³-hybridized carbons (Fsp3) is 0.333. The highest BCUT2D eigenvalue weighted by Gasteiger charge is 2.35. The zero-order valence-corrected chi connectivity index (χ0v) is 17.3. The van der Waals surface area contributed by atoms with Crippen molar-refractivity contribution in [2.75, 3.05) is 16.8 Å². The van der Waals surface area contributed by atoms with Crippen molar-refractivity contribution >= 4 is 33.2 Å². The summed E-state index contributed by atoms with van der Waals surface area (Å²) in [5.74, 6) is -0.808. The Hall–Kier alpha value is -2.71. The molecule has 1 saturated heterocycles. The molecule has 0 spiro atoms. The second-order valence-electron chi connectivity index (χ2n) is 7.19. The molecule has 2 N–H and O–H groups in total. The van der Waals surface area contributed by atoms with E-state index in [0.29, 0.717) is 18.7 Å². The van der Waals surface area contributed by atoms with Crippen LogP contribution in [0.2, 0.25) is 0 Å². The minimum atomic E-state index is -3.59. The van der Waals surface area contributed by atoms with Crippen molar-refractivity contribution in [1.82, 2.24) is 4.72 Å². The van der Waals surface area contributed by atoms with Gasteiger partial charge in [-0.1, -0.05) is 25.1 Å². The van der Waals surface area contributed by atoms with Gasteiger partial charge in [0.1, 0.15) is 0 Å². The first kappa shape index (κ1) is 21.0. The molecule has 1 heterocycles. The zero-order valence-electron chi connectivity index (χ0n) is 16.5. The second kappa shape index (κ2) is 8.75. The van der Waals surface area contributed by atoms with Gasteiger partial charge in [0.2, 0.25) is 21.8 Å². The predicted octanol–water partition coefficient (Wildman–Crippen LogP) is 2.76. The van der Waals surface area contributed by atoms with Crippen molar-refractivity contribution in [3.05, 3.63) is 54.6 Å². The molecule has 8 heteroatoms. The van der Waals surface area contributed by atoms with E-state index in [1.54, 1.807) is 24.0 Å². The van der Waals surface area contributed by atoms with Gasteiger partial charge in [0.15, 0.2) is 0 Å². The molecule has 1 fully saturated rings. The molecule has 29 heavy (non-hydrogen) atoms. The van der Waals surface area contributed by atoms with Gasteiger partial charge in [-0.3, -0.25) is 9.59 Å². The molecule has 0 aromatic heterocycles. The van der Waals surface area contributed by atoms with Crippen molar-refractivity contribution in [1.29, 1.82) is 0 Å². The summed E-state index contributed by atoms with van der Waals surface area (Å²) in [6, 6.07) is 15.1. The highest BCUT2D eigenvalue weighted by Crippen LogP contribution is 2.26. The van der Waals surface area contributed by atoms with Gasteiger partial charge in [0.25, 0.3) is 0 Å². The van der Waals surface area contributed by atoms with Crippen LogP contribution in [0, 0.1) is 5.92 Å². The fourth-order valence-corrected chi connectivity index (χ4v) is 4.45. The molecule has 0 unspecified atom stereocenters. The third-order valence-electron chi connectivity index (χ3n) is 4.96. The topological polar surface area (TPSA) is 95.6 Å². The molecule has 2 aromatic rings. The number of para-hydroxylation sites is 1. The Morgan fingerprint density at radius 3 is 2.41 bits per heavy atom. The largest absolute Gasteiger partial charge is 0.326 e. The lowest BCUT2D eigenvalue weighted by Crippen LogP contribution is -2.32. The van der Waals surface area contributed by atoms with Crippen molar-refractivity contribution in [2.45, 2.75) is 37.6 Å². The number of nitrogens with zero attached hydrogens (tertiary/aromatic N) is 1. The normalized spacial score (nSPS) is 17.9. The molecular formula is C21H25N3O4S. The van der Waals surface area contributed by atoms with Crippen LogP contribution in [0.1, 0.15) is 26.7 Å². The molecule has 0 bridgehead atoms. The van der Waals surface area contributed by atoms with Crippen LogP contribution in [0.4, 0.5) is 11.4 Å². The van der Waals surface area contributed by atoms with E-state index in [1.165, 1.54) is 12.1 Å². The molecule has 0 radical (unpaired) electrons. The molecule has 2 aromatic carbocycles. The van der Waals surface area contributed by atoms with Crippen LogP contribution in [0.5, 0.6) is 0 Å². The third-order valence-corrected chi connectivity index (χ3v) is 6.57. The lowest BCUT2D eigenvalue weighted by Gasteiger charge is -2.16. The van der Waals surface area contributed by atoms with E-state index in [4.69, 9.17) is 0 Å². The maximum absolute atomic E-state index is 12.6. The van der Waals surface area contributed by atoms with Crippen molar-refractivity contribution in [3.63, 3.8) is 0 Å².